The molecule has 0 saturated carbocycles. The van der Waals surface area contributed by atoms with Crippen LogP contribution in [0.1, 0.15) is 68.9 Å². The van der Waals surface area contributed by atoms with Gasteiger partial charge in [-0.1, -0.05) is 43.2 Å². The van der Waals surface area contributed by atoms with Crippen molar-refractivity contribution in [2.45, 2.75) is 73.0 Å². The minimum atomic E-state index is -3.57. The lowest BCUT2D eigenvalue weighted by Crippen LogP contribution is -2.30. The Morgan fingerprint density at radius 1 is 1.09 bits per heavy atom. The summed E-state index contributed by atoms with van der Waals surface area (Å²) in [5.41, 5.74) is 4.52. The van der Waals surface area contributed by atoms with E-state index in [1.165, 1.54) is 0 Å². The summed E-state index contributed by atoms with van der Waals surface area (Å²) < 4.78 is 39.5. The molecule has 0 amide bonds. The second kappa shape index (κ2) is 11.2. The Bertz CT molecular complexity index is 1140. The molecule has 0 aliphatic rings. The van der Waals surface area contributed by atoms with Gasteiger partial charge in [0.05, 0.1) is 24.2 Å². The van der Waals surface area contributed by atoms with Crippen LogP contribution in [-0.2, 0) is 24.3 Å². The first kappa shape index (κ1) is 28.3. The van der Waals surface area contributed by atoms with Gasteiger partial charge in [0.25, 0.3) is 0 Å². The smallest absolute Gasteiger partial charge is 0.340 e. The average molecular weight is 555 g/mol. The Hall–Kier alpha value is -1.90. The van der Waals surface area contributed by atoms with Gasteiger partial charge in [-0.3, -0.25) is 4.72 Å². The van der Waals surface area contributed by atoms with Gasteiger partial charge in [-0.2, -0.15) is 0 Å². The quantitative estimate of drug-likeness (QED) is 0.279. The van der Waals surface area contributed by atoms with Crippen LogP contribution in [0.4, 0.5) is 5.69 Å². The Morgan fingerprint density at radius 3 is 2.18 bits per heavy atom. The van der Waals surface area contributed by atoms with E-state index in [1.807, 2.05) is 65.8 Å². The van der Waals surface area contributed by atoms with Crippen molar-refractivity contribution < 1.29 is 22.7 Å². The van der Waals surface area contributed by atoms with Crippen LogP contribution in [0, 0.1) is 20.8 Å². The maximum absolute atomic E-state index is 13.4. The third-order valence-electron chi connectivity index (χ3n) is 5.29. The molecule has 2 aromatic carbocycles. The average Bonchev–Trinajstić information content (AvgIpc) is 2.72. The predicted octanol–water partition coefficient (Wildman–Crippen LogP) is 6.61. The lowest BCUT2D eigenvalue weighted by atomic mass is 9.87. The van der Waals surface area contributed by atoms with Crippen molar-refractivity contribution in [3.63, 3.8) is 0 Å². The first-order chi connectivity index (χ1) is 15.7. The number of benzene rings is 2. The van der Waals surface area contributed by atoms with Crippen molar-refractivity contribution in [3.05, 3.63) is 51.0 Å². The number of hydrogen-bond donors (Lipinski definition) is 1. The van der Waals surface area contributed by atoms with Crippen LogP contribution in [0.5, 0.6) is 0 Å². The Morgan fingerprint density at radius 2 is 1.68 bits per heavy atom. The summed E-state index contributed by atoms with van der Waals surface area (Å²) in [6.07, 6.45) is 1.70. The Kier molecular flexibility index (Phi) is 9.36. The van der Waals surface area contributed by atoms with E-state index >= 15 is 0 Å². The molecule has 0 unspecified atom stereocenters. The molecule has 0 aromatic heterocycles. The molecule has 0 heterocycles. The van der Waals surface area contributed by atoms with E-state index in [1.54, 1.807) is 6.92 Å². The van der Waals surface area contributed by atoms with Gasteiger partial charge < -0.3 is 9.47 Å². The highest BCUT2D eigenvalue weighted by molar-refractivity contribution is 9.10. The summed E-state index contributed by atoms with van der Waals surface area (Å²) in [5.74, 6) is -0.494. The second-order valence-corrected chi connectivity index (χ2v) is 12.1. The largest absolute Gasteiger partial charge is 0.464 e. The van der Waals surface area contributed by atoms with Gasteiger partial charge in [-0.25, -0.2) is 13.2 Å². The minimum absolute atomic E-state index is 0.294. The van der Waals surface area contributed by atoms with E-state index < -0.39 is 27.7 Å². The van der Waals surface area contributed by atoms with Crippen LogP contribution in [0.25, 0.3) is 11.1 Å². The molecule has 0 spiro atoms. The van der Waals surface area contributed by atoms with Crippen LogP contribution in [-0.4, -0.2) is 32.9 Å². The van der Waals surface area contributed by atoms with E-state index in [-0.39, 0.29) is 0 Å². The predicted molar refractivity (Wildman–Crippen MR) is 142 cm³/mol. The fourth-order valence-corrected chi connectivity index (χ4v) is 5.04. The molecule has 2 rings (SSSR count). The molecule has 0 radical (unpaired) electrons. The highest BCUT2D eigenvalue weighted by Crippen LogP contribution is 2.45. The maximum Gasteiger partial charge on any atom is 0.340 e. The molecule has 0 bridgehead atoms. The summed E-state index contributed by atoms with van der Waals surface area (Å²) >= 11 is 3.60. The van der Waals surface area contributed by atoms with Gasteiger partial charge in [0.2, 0.25) is 10.0 Å². The van der Waals surface area contributed by atoms with E-state index in [0.29, 0.717) is 27.9 Å². The fourth-order valence-electron chi connectivity index (χ4n) is 3.68. The molecule has 1 atom stereocenters. The lowest BCUT2D eigenvalue weighted by molar-refractivity contribution is -0.167. The molecular weight excluding hydrogens is 518 g/mol. The van der Waals surface area contributed by atoms with Crippen molar-refractivity contribution in [2.75, 3.05) is 17.6 Å². The Labute approximate surface area is 212 Å². The van der Waals surface area contributed by atoms with Gasteiger partial charge in [-0.05, 0) is 86.1 Å². The van der Waals surface area contributed by atoms with E-state index in [0.717, 1.165) is 41.4 Å². The Balaban J connectivity index is 2.89. The number of aryl methyl sites for hydroxylation is 1. The summed E-state index contributed by atoms with van der Waals surface area (Å²) in [5, 5.41) is 0. The summed E-state index contributed by atoms with van der Waals surface area (Å²) in [7, 11) is -3.57. The molecule has 6 nitrogen and oxygen atoms in total. The number of rotatable bonds is 9. The number of anilines is 1. The highest BCUT2D eigenvalue weighted by atomic mass is 79.9. The van der Waals surface area contributed by atoms with Crippen LogP contribution in [0.3, 0.4) is 0 Å². The van der Waals surface area contributed by atoms with Gasteiger partial charge in [0, 0.05) is 10.0 Å². The highest BCUT2D eigenvalue weighted by Gasteiger charge is 2.35. The summed E-state index contributed by atoms with van der Waals surface area (Å²) in [6, 6.07) is 7.99. The number of esters is 1. The first-order valence-electron chi connectivity index (χ1n) is 11.4. The van der Waals surface area contributed by atoms with Crippen LogP contribution in [0.2, 0.25) is 0 Å². The fraction of sp³-hybridized carbons (Fsp3) is 0.500. The van der Waals surface area contributed by atoms with Gasteiger partial charge in [0.1, 0.15) is 0 Å². The normalized spacial score (nSPS) is 13.0. The monoisotopic (exact) mass is 553 g/mol. The molecule has 34 heavy (non-hydrogen) atoms. The number of sulfonamides is 1. The van der Waals surface area contributed by atoms with Crippen LogP contribution in [0.15, 0.2) is 28.7 Å². The van der Waals surface area contributed by atoms with Crippen molar-refractivity contribution in [1.29, 1.82) is 0 Å². The minimum Gasteiger partial charge on any atom is -0.464 e. The maximum atomic E-state index is 13.4. The third kappa shape index (κ3) is 7.30. The van der Waals surface area contributed by atoms with E-state index in [4.69, 9.17) is 9.47 Å². The van der Waals surface area contributed by atoms with E-state index in [2.05, 4.69) is 20.7 Å². The number of carbonyl (C=O) groups is 1. The molecule has 2 aromatic rings. The SMILES string of the molecule is CCCCOC(=O)[C@@H](OC(C)(C)C)c1c(C)c(NS(C)(=O)=O)c(Br)c(C)c1-c1ccc(C)cc1. The molecular formula is C26H36BrNO5S. The van der Waals surface area contributed by atoms with Crippen molar-refractivity contribution in [3.8, 4) is 11.1 Å². The van der Waals surface area contributed by atoms with E-state index in [9.17, 15) is 13.2 Å². The summed E-state index contributed by atoms with van der Waals surface area (Å²) in [6.45, 7) is 13.6. The molecule has 188 valence electrons. The van der Waals surface area contributed by atoms with Crippen LogP contribution < -0.4 is 4.72 Å². The summed E-state index contributed by atoms with van der Waals surface area (Å²) in [4.78, 5) is 13.4. The van der Waals surface area contributed by atoms with Crippen LogP contribution >= 0.6 is 15.9 Å². The zero-order valence-electron chi connectivity index (χ0n) is 21.3. The lowest BCUT2D eigenvalue weighted by Gasteiger charge is -2.31. The first-order valence-corrected chi connectivity index (χ1v) is 14.1. The molecule has 0 saturated heterocycles. The molecule has 0 fully saturated rings. The number of halogens is 1. The topological polar surface area (TPSA) is 81.7 Å². The number of nitrogens with one attached hydrogen (secondary N) is 1. The zero-order chi connectivity index (χ0) is 25.8. The standard InChI is InChI=1S/C26H36BrNO5S/c1-9-10-15-32-25(29)24(33-26(5,6)7)21-18(4)23(28-34(8,30)31)22(27)17(3)20(21)19-13-11-16(2)12-14-19/h11-14,24,28H,9-10,15H2,1-8H3/t24-/m0/s1. The van der Waals surface area contributed by atoms with Crippen molar-refractivity contribution >= 4 is 37.6 Å². The van der Waals surface area contributed by atoms with Gasteiger partial charge in [-0.15, -0.1) is 0 Å². The van der Waals surface area contributed by atoms with Crippen molar-refractivity contribution in [1.82, 2.24) is 0 Å². The number of hydrogen-bond acceptors (Lipinski definition) is 5. The second-order valence-electron chi connectivity index (χ2n) is 9.60. The molecule has 0 aliphatic carbocycles. The molecule has 0 aliphatic heterocycles. The molecule has 8 heteroatoms. The number of ether oxygens (including phenoxy) is 2. The zero-order valence-corrected chi connectivity index (χ0v) is 23.7. The number of carbonyl (C=O) groups excluding carboxylic acids is 1. The number of unbranched alkanes of at least 4 members (excludes halogenated alkanes) is 1. The van der Waals surface area contributed by atoms with Gasteiger partial charge in [0.15, 0.2) is 6.10 Å². The molecule has 1 N–H and O–H groups in total. The van der Waals surface area contributed by atoms with Crippen molar-refractivity contribution in [2.24, 2.45) is 0 Å². The van der Waals surface area contributed by atoms with Gasteiger partial charge >= 0.3 is 5.97 Å². The third-order valence-corrected chi connectivity index (χ3v) is 6.86.